The molecular formula is C13H28N2. The molecule has 0 bridgehead atoms. The molecule has 90 valence electrons. The number of rotatable bonds is 10. The third-order valence-electron chi connectivity index (χ3n) is 3.37. The van der Waals surface area contributed by atoms with Crippen molar-refractivity contribution in [3.63, 3.8) is 0 Å². The molecule has 1 atom stereocenters. The molecule has 1 fully saturated rings. The molecule has 1 unspecified atom stereocenters. The summed E-state index contributed by atoms with van der Waals surface area (Å²) in [6.45, 7) is 5.60. The molecule has 0 radical (unpaired) electrons. The van der Waals surface area contributed by atoms with Gasteiger partial charge in [-0.15, -0.1) is 0 Å². The lowest BCUT2D eigenvalue weighted by Gasteiger charge is -2.14. The zero-order chi connectivity index (χ0) is 10.9. The van der Waals surface area contributed by atoms with E-state index in [0.717, 1.165) is 18.4 Å². The molecule has 15 heavy (non-hydrogen) atoms. The molecule has 0 amide bonds. The van der Waals surface area contributed by atoms with Crippen LogP contribution in [0.15, 0.2) is 0 Å². The summed E-state index contributed by atoms with van der Waals surface area (Å²) in [7, 11) is 0. The van der Waals surface area contributed by atoms with Crippen LogP contribution < -0.4 is 11.1 Å². The van der Waals surface area contributed by atoms with Crippen LogP contribution in [0.5, 0.6) is 0 Å². The van der Waals surface area contributed by atoms with Crippen molar-refractivity contribution in [1.82, 2.24) is 5.32 Å². The molecule has 3 N–H and O–H groups in total. The Balaban J connectivity index is 1.89. The highest BCUT2D eigenvalue weighted by atomic mass is 14.9. The summed E-state index contributed by atoms with van der Waals surface area (Å²) in [5.74, 6) is 1.89. The molecule has 0 spiro atoms. The predicted molar refractivity (Wildman–Crippen MR) is 66.9 cm³/mol. The summed E-state index contributed by atoms with van der Waals surface area (Å²) in [5.41, 5.74) is 5.62. The first-order valence-corrected chi connectivity index (χ1v) is 6.77. The first kappa shape index (κ1) is 13.0. The fourth-order valence-electron chi connectivity index (χ4n) is 2.22. The van der Waals surface area contributed by atoms with Gasteiger partial charge in [0.25, 0.3) is 0 Å². The third-order valence-corrected chi connectivity index (χ3v) is 3.37. The Morgan fingerprint density at radius 1 is 1.27 bits per heavy atom. The second kappa shape index (κ2) is 8.12. The van der Waals surface area contributed by atoms with Crippen molar-refractivity contribution >= 4 is 0 Å². The summed E-state index contributed by atoms with van der Waals surface area (Å²) in [5, 5.41) is 3.56. The topological polar surface area (TPSA) is 38.0 Å². The molecule has 1 aliphatic carbocycles. The third kappa shape index (κ3) is 6.91. The van der Waals surface area contributed by atoms with Crippen LogP contribution in [-0.4, -0.2) is 19.6 Å². The van der Waals surface area contributed by atoms with E-state index in [2.05, 4.69) is 12.2 Å². The Labute approximate surface area is 95.0 Å². The van der Waals surface area contributed by atoms with Crippen LogP contribution in [-0.2, 0) is 0 Å². The molecule has 1 rings (SSSR count). The lowest BCUT2D eigenvalue weighted by Crippen LogP contribution is -2.19. The first-order chi connectivity index (χ1) is 7.36. The summed E-state index contributed by atoms with van der Waals surface area (Å²) in [6, 6.07) is 0. The molecule has 0 aliphatic heterocycles. The van der Waals surface area contributed by atoms with E-state index in [4.69, 9.17) is 5.73 Å². The lowest BCUT2D eigenvalue weighted by atomic mass is 9.94. The van der Waals surface area contributed by atoms with Gasteiger partial charge in [-0.3, -0.25) is 0 Å². The minimum absolute atomic E-state index is 0.861. The molecule has 0 aromatic rings. The van der Waals surface area contributed by atoms with E-state index in [1.807, 2.05) is 0 Å². The van der Waals surface area contributed by atoms with Gasteiger partial charge in [0, 0.05) is 0 Å². The fourth-order valence-corrected chi connectivity index (χ4v) is 2.22. The van der Waals surface area contributed by atoms with Crippen LogP contribution in [0.1, 0.15) is 51.9 Å². The van der Waals surface area contributed by atoms with E-state index in [1.165, 1.54) is 58.0 Å². The zero-order valence-corrected chi connectivity index (χ0v) is 10.3. The minimum atomic E-state index is 0.861. The minimum Gasteiger partial charge on any atom is -0.330 e. The van der Waals surface area contributed by atoms with Crippen molar-refractivity contribution in [3.8, 4) is 0 Å². The highest BCUT2D eigenvalue weighted by Crippen LogP contribution is 2.27. The maximum absolute atomic E-state index is 5.62. The second-order valence-corrected chi connectivity index (χ2v) is 5.02. The monoisotopic (exact) mass is 212 g/mol. The number of hydrogen-bond donors (Lipinski definition) is 2. The molecular weight excluding hydrogens is 184 g/mol. The largest absolute Gasteiger partial charge is 0.330 e. The van der Waals surface area contributed by atoms with Crippen molar-refractivity contribution < 1.29 is 0 Å². The molecule has 2 nitrogen and oxygen atoms in total. The second-order valence-electron chi connectivity index (χ2n) is 5.02. The molecule has 0 aromatic carbocycles. The SMILES string of the molecule is CCCC(CCN)CCCNCC1CC1. The van der Waals surface area contributed by atoms with E-state index >= 15 is 0 Å². The van der Waals surface area contributed by atoms with Crippen molar-refractivity contribution in [2.75, 3.05) is 19.6 Å². The van der Waals surface area contributed by atoms with Gasteiger partial charge in [-0.05, 0) is 63.6 Å². The summed E-state index contributed by atoms with van der Waals surface area (Å²) in [6.07, 6.45) is 9.49. The van der Waals surface area contributed by atoms with E-state index in [9.17, 15) is 0 Å². The number of hydrogen-bond acceptors (Lipinski definition) is 2. The molecule has 1 aliphatic rings. The van der Waals surface area contributed by atoms with Crippen LogP contribution in [0.3, 0.4) is 0 Å². The molecule has 0 aromatic heterocycles. The fraction of sp³-hybridized carbons (Fsp3) is 1.00. The van der Waals surface area contributed by atoms with Crippen LogP contribution in [0.4, 0.5) is 0 Å². The average molecular weight is 212 g/mol. The normalized spacial score (nSPS) is 18.0. The van der Waals surface area contributed by atoms with Gasteiger partial charge in [-0.25, -0.2) is 0 Å². The van der Waals surface area contributed by atoms with Gasteiger partial charge >= 0.3 is 0 Å². The van der Waals surface area contributed by atoms with E-state index in [-0.39, 0.29) is 0 Å². The lowest BCUT2D eigenvalue weighted by molar-refractivity contribution is 0.403. The first-order valence-electron chi connectivity index (χ1n) is 6.77. The number of nitrogens with two attached hydrogens (primary N) is 1. The highest BCUT2D eigenvalue weighted by Gasteiger charge is 2.19. The quantitative estimate of drug-likeness (QED) is 0.546. The van der Waals surface area contributed by atoms with Crippen LogP contribution in [0, 0.1) is 11.8 Å². The van der Waals surface area contributed by atoms with Gasteiger partial charge in [0.05, 0.1) is 0 Å². The maximum atomic E-state index is 5.62. The van der Waals surface area contributed by atoms with Crippen LogP contribution >= 0.6 is 0 Å². The summed E-state index contributed by atoms with van der Waals surface area (Å²) < 4.78 is 0. The van der Waals surface area contributed by atoms with Crippen LogP contribution in [0.25, 0.3) is 0 Å². The van der Waals surface area contributed by atoms with Gasteiger partial charge in [0.15, 0.2) is 0 Å². The van der Waals surface area contributed by atoms with Gasteiger partial charge in [-0.1, -0.05) is 19.8 Å². The Morgan fingerprint density at radius 2 is 2.07 bits per heavy atom. The molecule has 2 heteroatoms. The predicted octanol–water partition coefficient (Wildman–Crippen LogP) is 2.53. The van der Waals surface area contributed by atoms with E-state index in [0.29, 0.717) is 0 Å². The summed E-state index contributed by atoms with van der Waals surface area (Å²) >= 11 is 0. The zero-order valence-electron chi connectivity index (χ0n) is 10.3. The van der Waals surface area contributed by atoms with Gasteiger partial charge in [0.2, 0.25) is 0 Å². The maximum Gasteiger partial charge on any atom is -0.00205 e. The Kier molecular flexibility index (Phi) is 7.03. The Bertz CT molecular complexity index is 137. The van der Waals surface area contributed by atoms with Gasteiger partial charge < -0.3 is 11.1 Å². The van der Waals surface area contributed by atoms with E-state index < -0.39 is 0 Å². The smallest absolute Gasteiger partial charge is 0.00205 e. The van der Waals surface area contributed by atoms with Crippen molar-refractivity contribution in [1.29, 1.82) is 0 Å². The molecule has 1 saturated carbocycles. The van der Waals surface area contributed by atoms with E-state index in [1.54, 1.807) is 0 Å². The molecule has 0 heterocycles. The number of nitrogens with one attached hydrogen (secondary N) is 1. The average Bonchev–Trinajstić information content (AvgIpc) is 3.02. The van der Waals surface area contributed by atoms with Gasteiger partial charge in [0.1, 0.15) is 0 Å². The van der Waals surface area contributed by atoms with Gasteiger partial charge in [-0.2, -0.15) is 0 Å². The van der Waals surface area contributed by atoms with Crippen molar-refractivity contribution in [2.45, 2.75) is 51.9 Å². The van der Waals surface area contributed by atoms with Crippen molar-refractivity contribution in [3.05, 3.63) is 0 Å². The van der Waals surface area contributed by atoms with Crippen molar-refractivity contribution in [2.24, 2.45) is 17.6 Å². The Hall–Kier alpha value is -0.0800. The molecule has 0 saturated heterocycles. The van der Waals surface area contributed by atoms with Crippen LogP contribution in [0.2, 0.25) is 0 Å². The summed E-state index contributed by atoms with van der Waals surface area (Å²) in [4.78, 5) is 0. The highest BCUT2D eigenvalue weighted by molar-refractivity contribution is 4.75. The standard InChI is InChI=1S/C13H28N2/c1-2-4-12(8-9-14)5-3-10-15-11-13-6-7-13/h12-13,15H,2-11,14H2,1H3. The Morgan fingerprint density at radius 3 is 2.67 bits per heavy atom.